The molecule has 34 heavy (non-hydrogen) atoms. The Morgan fingerprint density at radius 3 is 2.21 bits per heavy atom. The molecule has 3 aromatic rings. The van der Waals surface area contributed by atoms with Crippen molar-refractivity contribution in [3.05, 3.63) is 88.4 Å². The summed E-state index contributed by atoms with van der Waals surface area (Å²) in [6, 6.07) is 17.1. The predicted octanol–water partition coefficient (Wildman–Crippen LogP) is 8.22. The van der Waals surface area contributed by atoms with E-state index in [0.717, 1.165) is 49.8 Å². The van der Waals surface area contributed by atoms with Gasteiger partial charge in [0.2, 0.25) is 5.91 Å². The van der Waals surface area contributed by atoms with Crippen LogP contribution in [0.2, 0.25) is 5.02 Å². The van der Waals surface area contributed by atoms with Gasteiger partial charge in [-0.2, -0.15) is 13.2 Å². The molecule has 7 heteroatoms. The first kappa shape index (κ1) is 25.6. The molecule has 0 saturated carbocycles. The van der Waals surface area contributed by atoms with Gasteiger partial charge in [0, 0.05) is 11.1 Å². The summed E-state index contributed by atoms with van der Waals surface area (Å²) in [6.45, 7) is 2.15. The summed E-state index contributed by atoms with van der Waals surface area (Å²) in [5.41, 5.74) is 7.19. The maximum absolute atomic E-state index is 12.8. The summed E-state index contributed by atoms with van der Waals surface area (Å²) in [7, 11) is 0. The Labute approximate surface area is 202 Å². The molecule has 0 radical (unpaired) electrons. The average Bonchev–Trinajstić information content (AvgIpc) is 2.81. The second-order valence-corrected chi connectivity index (χ2v) is 8.57. The summed E-state index contributed by atoms with van der Waals surface area (Å²) < 4.78 is 44.8. The standard InChI is InChI=1S/C27H27ClF3NO2/c1-2-3-4-5-6-25(19-7-9-20(10-8-19)26(32)33)34-22-15-16-23(24(28)17-22)18-11-13-21(14-12-18)27(29,30)31/h7-17,25H,2-6H2,1H3,(H2,32,33). The van der Waals surface area contributed by atoms with Crippen molar-refractivity contribution in [2.45, 2.75) is 51.3 Å². The monoisotopic (exact) mass is 489 g/mol. The topological polar surface area (TPSA) is 52.3 Å². The number of ether oxygens (including phenoxy) is 1. The number of benzene rings is 3. The second-order valence-electron chi connectivity index (χ2n) is 8.16. The van der Waals surface area contributed by atoms with Gasteiger partial charge < -0.3 is 10.5 Å². The molecule has 0 aliphatic heterocycles. The molecular formula is C27H27ClF3NO2. The van der Waals surface area contributed by atoms with E-state index in [0.29, 0.717) is 27.5 Å². The van der Waals surface area contributed by atoms with Crippen LogP contribution in [0.4, 0.5) is 13.2 Å². The van der Waals surface area contributed by atoms with Crippen molar-refractivity contribution in [2.75, 3.05) is 0 Å². The van der Waals surface area contributed by atoms with Gasteiger partial charge in [-0.05, 0) is 66.4 Å². The smallest absolute Gasteiger partial charge is 0.416 e. The zero-order valence-electron chi connectivity index (χ0n) is 18.9. The number of carbonyl (C=O) groups excluding carboxylic acids is 1. The van der Waals surface area contributed by atoms with Crippen molar-refractivity contribution in [3.63, 3.8) is 0 Å². The Bertz CT molecular complexity index is 1100. The molecule has 0 aliphatic carbocycles. The zero-order valence-corrected chi connectivity index (χ0v) is 19.6. The van der Waals surface area contributed by atoms with Crippen molar-refractivity contribution >= 4 is 17.5 Å². The fourth-order valence-electron chi connectivity index (χ4n) is 3.72. The number of nitrogens with two attached hydrogens (primary N) is 1. The summed E-state index contributed by atoms with van der Waals surface area (Å²) in [5.74, 6) is 0.0673. The van der Waals surface area contributed by atoms with Crippen molar-refractivity contribution in [1.82, 2.24) is 0 Å². The minimum atomic E-state index is -4.39. The van der Waals surface area contributed by atoms with Gasteiger partial charge in [-0.3, -0.25) is 4.79 Å². The van der Waals surface area contributed by atoms with E-state index < -0.39 is 17.6 Å². The van der Waals surface area contributed by atoms with Crippen LogP contribution in [0, 0.1) is 0 Å². The number of hydrogen-bond donors (Lipinski definition) is 1. The average molecular weight is 490 g/mol. The van der Waals surface area contributed by atoms with E-state index in [4.69, 9.17) is 22.1 Å². The molecule has 3 aromatic carbocycles. The largest absolute Gasteiger partial charge is 0.486 e. The van der Waals surface area contributed by atoms with Gasteiger partial charge in [-0.15, -0.1) is 0 Å². The quantitative estimate of drug-likeness (QED) is 0.292. The molecule has 0 bridgehead atoms. The molecular weight excluding hydrogens is 463 g/mol. The van der Waals surface area contributed by atoms with E-state index in [1.807, 2.05) is 12.1 Å². The van der Waals surface area contributed by atoms with Crippen molar-refractivity contribution in [1.29, 1.82) is 0 Å². The first-order valence-corrected chi connectivity index (χ1v) is 11.6. The normalized spacial score (nSPS) is 12.4. The van der Waals surface area contributed by atoms with Crippen molar-refractivity contribution < 1.29 is 22.7 Å². The number of unbranched alkanes of at least 4 members (excludes halogenated alkanes) is 3. The molecule has 1 unspecified atom stereocenters. The number of carbonyl (C=O) groups is 1. The fraction of sp³-hybridized carbons (Fsp3) is 0.296. The van der Waals surface area contributed by atoms with Gasteiger partial charge >= 0.3 is 6.18 Å². The summed E-state index contributed by atoms with van der Waals surface area (Å²) in [5, 5.41) is 0.381. The first-order chi connectivity index (χ1) is 16.2. The molecule has 0 heterocycles. The van der Waals surface area contributed by atoms with Crippen LogP contribution < -0.4 is 10.5 Å². The highest BCUT2D eigenvalue weighted by Gasteiger charge is 2.30. The second kappa shape index (κ2) is 11.4. The lowest BCUT2D eigenvalue weighted by atomic mass is 10.0. The minimum Gasteiger partial charge on any atom is -0.486 e. The van der Waals surface area contributed by atoms with Crippen molar-refractivity contribution in [2.24, 2.45) is 5.73 Å². The molecule has 0 fully saturated rings. The molecule has 3 rings (SSSR count). The molecule has 0 saturated heterocycles. The van der Waals surface area contributed by atoms with E-state index in [9.17, 15) is 18.0 Å². The number of halogens is 4. The number of primary amides is 1. The Hall–Kier alpha value is -2.99. The number of alkyl halides is 3. The van der Waals surface area contributed by atoms with Crippen LogP contribution in [0.5, 0.6) is 5.75 Å². The predicted molar refractivity (Wildman–Crippen MR) is 129 cm³/mol. The van der Waals surface area contributed by atoms with Gasteiger partial charge in [0.1, 0.15) is 11.9 Å². The highest BCUT2D eigenvalue weighted by Crippen LogP contribution is 2.36. The maximum atomic E-state index is 12.8. The third-order valence-corrected chi connectivity index (χ3v) is 5.94. The van der Waals surface area contributed by atoms with Gasteiger partial charge in [0.15, 0.2) is 0 Å². The Morgan fingerprint density at radius 2 is 1.65 bits per heavy atom. The zero-order chi connectivity index (χ0) is 24.7. The number of amides is 1. The number of hydrogen-bond acceptors (Lipinski definition) is 2. The SMILES string of the molecule is CCCCCCC(Oc1ccc(-c2ccc(C(F)(F)F)cc2)c(Cl)c1)c1ccc(C(N)=O)cc1. The van der Waals surface area contributed by atoms with Gasteiger partial charge in [-0.1, -0.05) is 62.1 Å². The Balaban J connectivity index is 1.80. The fourth-order valence-corrected chi connectivity index (χ4v) is 4.00. The first-order valence-electron chi connectivity index (χ1n) is 11.2. The summed E-state index contributed by atoms with van der Waals surface area (Å²) in [6.07, 6.45) is 0.486. The third-order valence-electron chi connectivity index (χ3n) is 5.63. The van der Waals surface area contributed by atoms with Crippen molar-refractivity contribution in [3.8, 4) is 16.9 Å². The van der Waals surface area contributed by atoms with E-state index >= 15 is 0 Å². The van der Waals surface area contributed by atoms with Crippen LogP contribution in [0.1, 0.15) is 66.6 Å². The molecule has 180 valence electrons. The van der Waals surface area contributed by atoms with E-state index in [2.05, 4.69) is 6.92 Å². The van der Waals surface area contributed by atoms with Crippen LogP contribution in [0.15, 0.2) is 66.7 Å². The lowest BCUT2D eigenvalue weighted by Crippen LogP contribution is -2.12. The van der Waals surface area contributed by atoms with Crippen LogP contribution >= 0.6 is 11.6 Å². The van der Waals surface area contributed by atoms with Crippen LogP contribution in [-0.4, -0.2) is 5.91 Å². The van der Waals surface area contributed by atoms with E-state index in [1.54, 1.807) is 30.3 Å². The molecule has 0 aliphatic rings. The summed E-state index contributed by atoms with van der Waals surface area (Å²) in [4.78, 5) is 11.4. The summed E-state index contributed by atoms with van der Waals surface area (Å²) >= 11 is 6.47. The number of rotatable bonds is 10. The lowest BCUT2D eigenvalue weighted by Gasteiger charge is -2.21. The Kier molecular flexibility index (Phi) is 8.61. The molecule has 1 atom stereocenters. The van der Waals surface area contributed by atoms with Gasteiger partial charge in [0.25, 0.3) is 0 Å². The molecule has 0 spiro atoms. The van der Waals surface area contributed by atoms with Crippen LogP contribution in [0.3, 0.4) is 0 Å². The van der Waals surface area contributed by atoms with E-state index in [1.165, 1.54) is 12.1 Å². The third kappa shape index (κ3) is 6.76. The van der Waals surface area contributed by atoms with Crippen LogP contribution in [-0.2, 0) is 6.18 Å². The highest BCUT2D eigenvalue weighted by atomic mass is 35.5. The van der Waals surface area contributed by atoms with Gasteiger partial charge in [0.05, 0.1) is 10.6 Å². The minimum absolute atomic E-state index is 0.244. The Morgan fingerprint density at radius 1 is 0.971 bits per heavy atom. The maximum Gasteiger partial charge on any atom is 0.416 e. The van der Waals surface area contributed by atoms with Crippen LogP contribution in [0.25, 0.3) is 11.1 Å². The highest BCUT2D eigenvalue weighted by molar-refractivity contribution is 6.33. The van der Waals surface area contributed by atoms with Gasteiger partial charge in [-0.25, -0.2) is 0 Å². The lowest BCUT2D eigenvalue weighted by molar-refractivity contribution is -0.137. The molecule has 0 aromatic heterocycles. The molecule has 3 nitrogen and oxygen atoms in total. The molecule has 2 N–H and O–H groups in total. The molecule has 1 amide bonds. The van der Waals surface area contributed by atoms with E-state index in [-0.39, 0.29) is 6.10 Å².